The van der Waals surface area contributed by atoms with Gasteiger partial charge in [-0.15, -0.1) is 0 Å². The molecule has 0 rings (SSSR count). The van der Waals surface area contributed by atoms with Crippen molar-refractivity contribution in [2.45, 2.75) is 431 Å². The van der Waals surface area contributed by atoms with Gasteiger partial charge in [-0.05, 0) is 38.5 Å². The minimum atomic E-state index is -1.51. The Labute approximate surface area is 548 Å². The predicted molar refractivity (Wildman–Crippen MR) is 378 cm³/mol. The van der Waals surface area contributed by atoms with Gasteiger partial charge in [0.1, 0.15) is 13.2 Å². The van der Waals surface area contributed by atoms with E-state index in [1.807, 2.05) is 21.1 Å². The highest BCUT2D eigenvalue weighted by atomic mass is 16.7. The van der Waals surface area contributed by atoms with E-state index in [2.05, 4.69) is 26.0 Å². The summed E-state index contributed by atoms with van der Waals surface area (Å²) in [6.07, 6.45) is 85.1. The first-order valence-corrected chi connectivity index (χ1v) is 39.4. The van der Waals surface area contributed by atoms with Gasteiger partial charge in [0.2, 0.25) is 0 Å². The molecule has 0 aliphatic carbocycles. The highest BCUT2D eigenvalue weighted by molar-refractivity contribution is 5.71. The predicted octanol–water partition coefficient (Wildman–Crippen LogP) is 24.8. The van der Waals surface area contributed by atoms with Gasteiger partial charge in [-0.25, -0.2) is 4.79 Å². The fourth-order valence-electron chi connectivity index (χ4n) is 12.3. The number of nitrogens with zero attached hydrogens (tertiary/aromatic N) is 1. The van der Waals surface area contributed by atoms with E-state index >= 15 is 0 Å². The molecule has 9 nitrogen and oxygen atoms in total. The number of likely N-dealkylation sites (N-methyl/N-ethyl adjacent to an activating group) is 1. The third-order valence-electron chi connectivity index (χ3n) is 18.3. The Morgan fingerprint density at radius 1 is 0.330 bits per heavy atom. The van der Waals surface area contributed by atoms with Crippen LogP contribution in [0.15, 0.2) is 12.2 Å². The van der Waals surface area contributed by atoms with Crippen LogP contribution in [0.2, 0.25) is 0 Å². The third-order valence-corrected chi connectivity index (χ3v) is 18.3. The van der Waals surface area contributed by atoms with Crippen molar-refractivity contribution in [1.82, 2.24) is 0 Å². The second kappa shape index (κ2) is 70.9. The first-order valence-electron chi connectivity index (χ1n) is 39.4. The summed E-state index contributed by atoms with van der Waals surface area (Å²) in [7, 11) is 6.00. The van der Waals surface area contributed by atoms with Crippen molar-refractivity contribution < 1.29 is 42.9 Å². The Morgan fingerprint density at radius 2 is 0.580 bits per heavy atom. The number of carbonyl (C=O) groups excluding carboxylic acids is 2. The fourth-order valence-corrected chi connectivity index (χ4v) is 12.3. The minimum Gasteiger partial charge on any atom is -0.477 e. The maximum absolute atomic E-state index is 13.0. The van der Waals surface area contributed by atoms with Gasteiger partial charge in [0.05, 0.1) is 34.4 Å². The van der Waals surface area contributed by atoms with Gasteiger partial charge in [-0.1, -0.05) is 379 Å². The molecule has 0 radical (unpaired) electrons. The molecule has 0 aromatic rings. The third kappa shape index (κ3) is 71.5. The molecule has 0 spiro atoms. The second-order valence-corrected chi connectivity index (χ2v) is 28.4. The van der Waals surface area contributed by atoms with Crippen LogP contribution in [0.5, 0.6) is 0 Å². The number of unbranched alkanes of at least 4 members (excludes halogenated alkanes) is 58. The zero-order valence-electron chi connectivity index (χ0n) is 59.9. The summed E-state index contributed by atoms with van der Waals surface area (Å²) in [5.74, 6) is -1.96. The Balaban J connectivity index is 3.97. The topological polar surface area (TPSA) is 108 Å². The monoisotopic (exact) mass is 1250 g/mol. The number of hydrogen-bond donors (Lipinski definition) is 1. The summed E-state index contributed by atoms with van der Waals surface area (Å²) in [6, 6.07) is 0. The summed E-state index contributed by atoms with van der Waals surface area (Å²) in [4.78, 5) is 37.7. The number of carboxylic acid groups (broad SMARTS) is 1. The number of hydrogen-bond acceptors (Lipinski definition) is 7. The Bertz CT molecular complexity index is 1450. The van der Waals surface area contributed by atoms with Crippen molar-refractivity contribution in [2.75, 3.05) is 47.5 Å². The first-order chi connectivity index (χ1) is 43.1. The van der Waals surface area contributed by atoms with Gasteiger partial charge in [0.15, 0.2) is 6.10 Å². The van der Waals surface area contributed by atoms with Gasteiger partial charge in [0.25, 0.3) is 6.29 Å². The van der Waals surface area contributed by atoms with E-state index in [1.54, 1.807) is 0 Å². The summed E-state index contributed by atoms with van der Waals surface area (Å²) < 4.78 is 23.1. The SMILES string of the molecule is CCCCCCCCCC/C=C\CCCCCCCCCCCCCCCCCCCCCCCC(=O)OC(COC(=O)CCCCCCCCCCCCCCCCCCCCCCCCCCCCCCCC)COC(OCC[N+](C)(C)C)C(=O)O. The molecule has 2 unspecified atom stereocenters. The molecule has 0 saturated heterocycles. The van der Waals surface area contributed by atoms with Crippen LogP contribution in [0.25, 0.3) is 0 Å². The van der Waals surface area contributed by atoms with E-state index in [9.17, 15) is 19.5 Å². The van der Waals surface area contributed by atoms with Gasteiger partial charge < -0.3 is 28.5 Å². The Kier molecular flexibility index (Phi) is 69.3. The van der Waals surface area contributed by atoms with E-state index in [0.717, 1.165) is 38.5 Å². The molecule has 9 heteroatoms. The zero-order valence-corrected chi connectivity index (χ0v) is 59.9. The standard InChI is InChI=1S/C79H153NO8/c1-6-8-10-12-14-16-18-20-22-24-26-28-30-32-34-36-38-39-40-42-44-46-48-50-52-54-56-58-60-62-64-66-68-70-77(82)88-75(74-87-79(78(83)84)85-72-71-80(3,4)5)73-86-76(81)69-67-65-63-61-59-57-55-53-51-49-47-45-43-41-37-35-33-31-29-27-25-23-21-19-17-15-13-11-9-7-2/h24,26,75,79H,6-23,25,27-74H2,1-5H3/p+1/b26-24-. The molecule has 0 fully saturated rings. The molecule has 0 amide bonds. The average Bonchev–Trinajstić information content (AvgIpc) is 3.62. The summed E-state index contributed by atoms with van der Waals surface area (Å²) in [6.45, 7) is 4.97. The maximum Gasteiger partial charge on any atom is 0.361 e. The molecule has 88 heavy (non-hydrogen) atoms. The van der Waals surface area contributed by atoms with Crippen LogP contribution in [0.4, 0.5) is 0 Å². The van der Waals surface area contributed by atoms with E-state index in [-0.39, 0.29) is 38.2 Å². The normalized spacial score (nSPS) is 12.6. The maximum atomic E-state index is 13.0. The summed E-state index contributed by atoms with van der Waals surface area (Å²) in [5.41, 5.74) is 0. The van der Waals surface area contributed by atoms with Crippen molar-refractivity contribution in [3.8, 4) is 0 Å². The van der Waals surface area contributed by atoms with Crippen LogP contribution < -0.4 is 0 Å². The van der Waals surface area contributed by atoms with Crippen LogP contribution in [0.1, 0.15) is 418 Å². The van der Waals surface area contributed by atoms with Crippen LogP contribution in [-0.4, -0.2) is 87.4 Å². The van der Waals surface area contributed by atoms with Crippen LogP contribution in [0.3, 0.4) is 0 Å². The van der Waals surface area contributed by atoms with Gasteiger partial charge in [-0.2, -0.15) is 0 Å². The lowest BCUT2D eigenvalue weighted by molar-refractivity contribution is -0.870. The lowest BCUT2D eigenvalue weighted by Crippen LogP contribution is -2.40. The van der Waals surface area contributed by atoms with E-state index in [4.69, 9.17) is 18.9 Å². The van der Waals surface area contributed by atoms with Crippen molar-refractivity contribution in [2.24, 2.45) is 0 Å². The number of quaternary nitrogens is 1. The molecule has 0 aromatic heterocycles. The zero-order chi connectivity index (χ0) is 64.0. The number of carbonyl (C=O) groups is 3. The lowest BCUT2D eigenvalue weighted by atomic mass is 10.0. The van der Waals surface area contributed by atoms with Gasteiger partial charge >= 0.3 is 17.9 Å². The average molecular weight is 1250 g/mol. The second-order valence-electron chi connectivity index (χ2n) is 28.4. The van der Waals surface area contributed by atoms with Crippen LogP contribution >= 0.6 is 0 Å². The number of esters is 2. The molecule has 2 atom stereocenters. The molecule has 0 aromatic carbocycles. The first kappa shape index (κ1) is 86.0. The molecular weight excluding hydrogens is 1090 g/mol. The lowest BCUT2D eigenvalue weighted by Gasteiger charge is -2.25. The quantitative estimate of drug-likeness (QED) is 0.0211. The molecule has 0 aliphatic rings. The minimum absolute atomic E-state index is 0.173. The molecule has 522 valence electrons. The van der Waals surface area contributed by atoms with E-state index in [0.29, 0.717) is 17.4 Å². The van der Waals surface area contributed by atoms with Gasteiger partial charge in [0, 0.05) is 12.8 Å². The highest BCUT2D eigenvalue weighted by Gasteiger charge is 2.25. The molecule has 0 heterocycles. The van der Waals surface area contributed by atoms with Crippen LogP contribution in [-0.2, 0) is 33.3 Å². The van der Waals surface area contributed by atoms with Crippen molar-refractivity contribution in [3.63, 3.8) is 0 Å². The number of aliphatic carboxylic acids is 1. The molecule has 0 saturated carbocycles. The fraction of sp³-hybridized carbons (Fsp3) is 0.937. The molecule has 1 N–H and O–H groups in total. The number of carboxylic acids is 1. The largest absolute Gasteiger partial charge is 0.477 e. The number of rotatable bonds is 75. The Morgan fingerprint density at radius 3 is 0.841 bits per heavy atom. The Hall–Kier alpha value is -1.97. The molecule has 0 aliphatic heterocycles. The van der Waals surface area contributed by atoms with Crippen molar-refractivity contribution in [1.29, 1.82) is 0 Å². The number of allylic oxidation sites excluding steroid dienone is 2. The van der Waals surface area contributed by atoms with Crippen molar-refractivity contribution in [3.05, 3.63) is 12.2 Å². The van der Waals surface area contributed by atoms with Crippen LogP contribution in [0, 0.1) is 0 Å². The van der Waals surface area contributed by atoms with E-state index in [1.165, 1.54) is 353 Å². The summed E-state index contributed by atoms with van der Waals surface area (Å²) in [5, 5.41) is 9.77. The van der Waals surface area contributed by atoms with Crippen molar-refractivity contribution >= 4 is 17.9 Å². The van der Waals surface area contributed by atoms with E-state index < -0.39 is 18.4 Å². The number of ether oxygens (including phenoxy) is 4. The molecular formula is C79H154NO8+. The highest BCUT2D eigenvalue weighted by Crippen LogP contribution is 2.20. The summed E-state index contributed by atoms with van der Waals surface area (Å²) >= 11 is 0. The van der Waals surface area contributed by atoms with Gasteiger partial charge in [-0.3, -0.25) is 9.59 Å². The smallest absolute Gasteiger partial charge is 0.361 e. The molecule has 0 bridgehead atoms.